The third-order valence-corrected chi connectivity index (χ3v) is 5.61. The lowest BCUT2D eigenvalue weighted by atomic mass is 10.1. The van der Waals surface area contributed by atoms with Gasteiger partial charge in [-0.25, -0.2) is 4.98 Å². The van der Waals surface area contributed by atoms with E-state index in [2.05, 4.69) is 82.1 Å². The molecule has 0 aliphatic carbocycles. The first-order chi connectivity index (χ1) is 13.4. The van der Waals surface area contributed by atoms with Gasteiger partial charge < -0.3 is 15.1 Å². The average Bonchev–Trinajstić information content (AvgIpc) is 3.25. The molecule has 27 heavy (non-hydrogen) atoms. The van der Waals surface area contributed by atoms with Gasteiger partial charge in [-0.1, -0.05) is 42.5 Å². The highest BCUT2D eigenvalue weighted by atomic mass is 15.4. The predicted octanol–water partition coefficient (Wildman–Crippen LogP) is 4.20. The molecule has 2 aromatic carbocycles. The largest absolute Gasteiger partial charge is 0.355 e. The van der Waals surface area contributed by atoms with Gasteiger partial charge in [-0.3, -0.25) is 0 Å². The number of benzene rings is 2. The molecule has 1 aromatic heterocycles. The number of rotatable bonds is 3. The van der Waals surface area contributed by atoms with E-state index in [-0.39, 0.29) is 0 Å². The molecule has 1 N–H and O–H groups in total. The van der Waals surface area contributed by atoms with E-state index < -0.39 is 0 Å². The Morgan fingerprint density at radius 1 is 0.889 bits per heavy atom. The maximum Gasteiger partial charge on any atom is 0.0944 e. The Hall–Kier alpha value is -2.85. The zero-order valence-corrected chi connectivity index (χ0v) is 15.4. The summed E-state index contributed by atoms with van der Waals surface area (Å²) in [6, 6.07) is 21.9. The number of anilines is 1. The fourth-order valence-corrected chi connectivity index (χ4v) is 4.03. The molecule has 0 saturated carbocycles. The highest BCUT2D eigenvalue weighted by molar-refractivity contribution is 5.85. The van der Waals surface area contributed by atoms with Gasteiger partial charge in [-0.2, -0.15) is 0 Å². The maximum atomic E-state index is 4.91. The number of hydrogen-bond donors (Lipinski definition) is 1. The summed E-state index contributed by atoms with van der Waals surface area (Å²) in [5, 5.41) is 4.62. The Morgan fingerprint density at radius 3 is 2.56 bits per heavy atom. The molecule has 0 amide bonds. The smallest absolute Gasteiger partial charge is 0.0944 e. The van der Waals surface area contributed by atoms with Crippen LogP contribution >= 0.6 is 0 Å². The molecule has 0 radical (unpaired) electrons. The van der Waals surface area contributed by atoms with Crippen molar-refractivity contribution in [1.82, 2.24) is 15.2 Å². The Morgan fingerprint density at radius 2 is 1.70 bits per heavy atom. The number of hydrogen-bond acceptors (Lipinski definition) is 4. The molecule has 5 rings (SSSR count). The van der Waals surface area contributed by atoms with Gasteiger partial charge in [0, 0.05) is 35.1 Å². The average molecular weight is 356 g/mol. The zero-order chi connectivity index (χ0) is 18.1. The summed E-state index contributed by atoms with van der Waals surface area (Å²) in [5.41, 5.74) is 4.42. The first-order valence-corrected chi connectivity index (χ1v) is 9.74. The second-order valence-corrected chi connectivity index (χ2v) is 7.34. The van der Waals surface area contributed by atoms with Crippen LogP contribution in [0.15, 0.2) is 73.1 Å². The van der Waals surface area contributed by atoms with E-state index in [1.807, 2.05) is 6.07 Å². The minimum Gasteiger partial charge on any atom is -0.355 e. The van der Waals surface area contributed by atoms with Crippen molar-refractivity contribution in [3.05, 3.63) is 73.1 Å². The first-order valence-electron chi connectivity index (χ1n) is 9.74. The Kier molecular flexibility index (Phi) is 4.26. The van der Waals surface area contributed by atoms with Crippen molar-refractivity contribution in [2.24, 2.45) is 0 Å². The van der Waals surface area contributed by atoms with Crippen molar-refractivity contribution >= 4 is 16.6 Å². The molecule has 0 atom stereocenters. The van der Waals surface area contributed by atoms with Gasteiger partial charge >= 0.3 is 0 Å². The van der Waals surface area contributed by atoms with E-state index in [0.29, 0.717) is 6.04 Å². The molecular weight excluding hydrogens is 332 g/mol. The molecule has 1 saturated heterocycles. The van der Waals surface area contributed by atoms with Crippen molar-refractivity contribution in [3.63, 3.8) is 0 Å². The van der Waals surface area contributed by atoms with Crippen molar-refractivity contribution in [2.45, 2.75) is 18.9 Å². The van der Waals surface area contributed by atoms with E-state index in [0.717, 1.165) is 36.5 Å². The zero-order valence-electron chi connectivity index (χ0n) is 15.4. The molecule has 1 fully saturated rings. The van der Waals surface area contributed by atoms with Gasteiger partial charge in [0.25, 0.3) is 0 Å². The lowest BCUT2D eigenvalue weighted by Gasteiger charge is -2.32. The summed E-state index contributed by atoms with van der Waals surface area (Å²) in [6.07, 6.45) is 6.88. The molecule has 4 nitrogen and oxygen atoms in total. The normalized spacial score (nSPS) is 17.8. The van der Waals surface area contributed by atoms with Gasteiger partial charge in [0.05, 0.1) is 17.9 Å². The Bertz CT molecular complexity index is 961. The topological polar surface area (TPSA) is 31.4 Å². The van der Waals surface area contributed by atoms with Crippen LogP contribution in [0.2, 0.25) is 0 Å². The predicted molar refractivity (Wildman–Crippen MR) is 111 cm³/mol. The lowest BCUT2D eigenvalue weighted by molar-refractivity contribution is 0.241. The fourth-order valence-electron chi connectivity index (χ4n) is 4.03. The van der Waals surface area contributed by atoms with Crippen LogP contribution < -0.4 is 10.2 Å². The second kappa shape index (κ2) is 7.05. The van der Waals surface area contributed by atoms with Crippen LogP contribution in [-0.4, -0.2) is 35.7 Å². The van der Waals surface area contributed by atoms with Crippen LogP contribution in [-0.2, 0) is 0 Å². The van der Waals surface area contributed by atoms with Gasteiger partial charge in [-0.15, -0.1) is 0 Å². The quantitative estimate of drug-likeness (QED) is 0.762. The number of piperidine rings is 1. The van der Waals surface area contributed by atoms with Crippen LogP contribution in [0.1, 0.15) is 12.8 Å². The number of fused-ring (bicyclic) bond motifs is 1. The SMILES string of the molecule is C1=CN(C2CCNCC2)CN1c1ccc2ccc(-c3ccccc3)nc2c1. The van der Waals surface area contributed by atoms with E-state index in [9.17, 15) is 0 Å². The van der Waals surface area contributed by atoms with E-state index >= 15 is 0 Å². The minimum absolute atomic E-state index is 0.649. The third kappa shape index (κ3) is 3.28. The number of nitrogens with one attached hydrogen (secondary N) is 1. The molecule has 136 valence electrons. The van der Waals surface area contributed by atoms with Gasteiger partial charge in [-0.05, 0) is 44.1 Å². The monoisotopic (exact) mass is 356 g/mol. The van der Waals surface area contributed by atoms with Crippen LogP contribution in [0.5, 0.6) is 0 Å². The van der Waals surface area contributed by atoms with Crippen molar-refractivity contribution in [1.29, 1.82) is 0 Å². The summed E-state index contributed by atoms with van der Waals surface area (Å²) in [5.74, 6) is 0. The fraction of sp³-hybridized carbons (Fsp3) is 0.261. The molecule has 0 unspecified atom stereocenters. The summed E-state index contributed by atoms with van der Waals surface area (Å²) >= 11 is 0. The van der Waals surface area contributed by atoms with E-state index in [1.165, 1.54) is 23.9 Å². The minimum atomic E-state index is 0.649. The summed E-state index contributed by atoms with van der Waals surface area (Å²) in [4.78, 5) is 9.70. The van der Waals surface area contributed by atoms with E-state index in [1.54, 1.807) is 0 Å². The standard InChI is InChI=1S/C23H24N4/c1-2-4-18(5-3-1)22-9-7-19-6-8-21(16-23(19)25-22)27-15-14-26(17-27)20-10-12-24-13-11-20/h1-9,14-16,20,24H,10-13,17H2. The van der Waals surface area contributed by atoms with Crippen LogP contribution in [0.25, 0.3) is 22.2 Å². The Labute approximate surface area is 160 Å². The summed E-state index contributed by atoms with van der Waals surface area (Å²) in [7, 11) is 0. The first kappa shape index (κ1) is 16.3. The molecule has 3 heterocycles. The van der Waals surface area contributed by atoms with Gasteiger partial charge in [0.1, 0.15) is 0 Å². The van der Waals surface area contributed by atoms with E-state index in [4.69, 9.17) is 4.98 Å². The van der Waals surface area contributed by atoms with Crippen LogP contribution in [0, 0.1) is 0 Å². The Balaban J connectivity index is 1.40. The lowest BCUT2D eigenvalue weighted by Crippen LogP contribution is -2.41. The number of pyridine rings is 1. The highest BCUT2D eigenvalue weighted by Gasteiger charge is 2.23. The second-order valence-electron chi connectivity index (χ2n) is 7.34. The molecule has 2 aliphatic rings. The molecular formula is C23H24N4. The maximum absolute atomic E-state index is 4.91. The van der Waals surface area contributed by atoms with Crippen molar-refractivity contribution in [3.8, 4) is 11.3 Å². The van der Waals surface area contributed by atoms with Crippen LogP contribution in [0.3, 0.4) is 0 Å². The highest BCUT2D eigenvalue weighted by Crippen LogP contribution is 2.27. The molecule has 3 aromatic rings. The van der Waals surface area contributed by atoms with Crippen molar-refractivity contribution < 1.29 is 0 Å². The number of aromatic nitrogens is 1. The molecule has 2 aliphatic heterocycles. The molecule has 0 spiro atoms. The molecule has 4 heteroatoms. The summed E-state index contributed by atoms with van der Waals surface area (Å²) in [6.45, 7) is 3.17. The van der Waals surface area contributed by atoms with Gasteiger partial charge in [0.2, 0.25) is 0 Å². The van der Waals surface area contributed by atoms with Crippen molar-refractivity contribution in [2.75, 3.05) is 24.7 Å². The third-order valence-electron chi connectivity index (χ3n) is 5.61. The summed E-state index contributed by atoms with van der Waals surface area (Å²) < 4.78 is 0. The van der Waals surface area contributed by atoms with Crippen LogP contribution in [0.4, 0.5) is 5.69 Å². The number of nitrogens with zero attached hydrogens (tertiary/aromatic N) is 3. The molecule has 0 bridgehead atoms. The van der Waals surface area contributed by atoms with Gasteiger partial charge in [0.15, 0.2) is 0 Å².